The summed E-state index contributed by atoms with van der Waals surface area (Å²) >= 11 is 0. The van der Waals surface area contributed by atoms with E-state index in [4.69, 9.17) is 0 Å². The third-order valence-corrected chi connectivity index (χ3v) is 5.55. The van der Waals surface area contributed by atoms with Gasteiger partial charge in [0.2, 0.25) is 0 Å². The fraction of sp³-hybridized carbons (Fsp3) is 0.241. The second-order valence-corrected chi connectivity index (χ2v) is 7.87. The van der Waals surface area contributed by atoms with Crippen LogP contribution in [0.5, 0.6) is 0 Å². The number of benzene rings is 3. The largest absolute Gasteiger partial charge is 0.206 e. The fourth-order valence-electron chi connectivity index (χ4n) is 3.63. The van der Waals surface area contributed by atoms with Gasteiger partial charge in [0, 0.05) is 5.56 Å². The first kappa shape index (κ1) is 23.3. The number of aryl methyl sites for hydroxylation is 2. The lowest BCUT2D eigenvalue weighted by atomic mass is 10.0. The molecule has 164 valence electrons. The van der Waals surface area contributed by atoms with Crippen LogP contribution in [-0.2, 0) is 12.8 Å². The molecule has 32 heavy (non-hydrogen) atoms. The molecule has 0 aliphatic carbocycles. The second-order valence-electron chi connectivity index (χ2n) is 7.87. The molecule has 0 N–H and O–H groups in total. The van der Waals surface area contributed by atoms with Crippen molar-refractivity contribution in [2.45, 2.75) is 45.4 Å². The van der Waals surface area contributed by atoms with Crippen LogP contribution in [0.3, 0.4) is 0 Å². The maximum Gasteiger partial charge on any atom is 0.131 e. The summed E-state index contributed by atoms with van der Waals surface area (Å²) in [6.45, 7) is 5.88. The van der Waals surface area contributed by atoms with Crippen molar-refractivity contribution in [3.05, 3.63) is 107 Å². The highest BCUT2D eigenvalue weighted by Gasteiger charge is 2.06. The molecule has 3 rings (SSSR count). The molecule has 0 bridgehead atoms. The lowest BCUT2D eigenvalue weighted by Crippen LogP contribution is -1.93. The summed E-state index contributed by atoms with van der Waals surface area (Å²) < 4.78 is 14.6. The van der Waals surface area contributed by atoms with E-state index in [-0.39, 0.29) is 5.82 Å². The highest BCUT2D eigenvalue weighted by atomic mass is 19.1. The molecule has 3 aromatic rings. The van der Waals surface area contributed by atoms with Gasteiger partial charge in [-0.15, -0.1) is 6.58 Å². The van der Waals surface area contributed by atoms with E-state index in [1.54, 1.807) is 18.5 Å². The molecule has 0 aromatic heterocycles. The first-order valence-corrected chi connectivity index (χ1v) is 11.4. The second kappa shape index (κ2) is 12.5. The molecular weight excluding hydrogens is 395 g/mol. The molecule has 3 heteroatoms. The Morgan fingerprint density at radius 3 is 2.41 bits per heavy atom. The minimum atomic E-state index is -0.260. The van der Waals surface area contributed by atoms with Crippen LogP contribution in [0.25, 0.3) is 11.1 Å². The maximum absolute atomic E-state index is 14.6. The number of hydrogen-bond acceptors (Lipinski definition) is 2. The Kier molecular flexibility index (Phi) is 9.12. The van der Waals surface area contributed by atoms with Gasteiger partial charge in [-0.3, -0.25) is 0 Å². The van der Waals surface area contributed by atoms with Gasteiger partial charge in [-0.25, -0.2) is 4.39 Å². The van der Waals surface area contributed by atoms with Crippen molar-refractivity contribution in [3.8, 4) is 11.1 Å². The molecule has 0 aliphatic heterocycles. The number of allylic oxidation sites excluding steroid dienone is 1. The lowest BCUT2D eigenvalue weighted by molar-refractivity contribution is 0.631. The topological polar surface area (TPSA) is 24.7 Å². The van der Waals surface area contributed by atoms with Crippen molar-refractivity contribution in [1.29, 1.82) is 0 Å². The van der Waals surface area contributed by atoms with Crippen molar-refractivity contribution in [2.24, 2.45) is 10.2 Å². The normalized spacial score (nSPS) is 11.4. The van der Waals surface area contributed by atoms with Crippen LogP contribution in [0.4, 0.5) is 4.39 Å². The van der Waals surface area contributed by atoms with Gasteiger partial charge in [0.05, 0.1) is 12.4 Å². The van der Waals surface area contributed by atoms with Crippen molar-refractivity contribution in [2.75, 3.05) is 0 Å². The Morgan fingerprint density at radius 1 is 0.875 bits per heavy atom. The van der Waals surface area contributed by atoms with Crippen LogP contribution in [0.15, 0.2) is 89.6 Å². The van der Waals surface area contributed by atoms with Gasteiger partial charge in [-0.1, -0.05) is 80.1 Å². The summed E-state index contributed by atoms with van der Waals surface area (Å²) in [5.74, 6) is -0.260. The zero-order chi connectivity index (χ0) is 22.6. The van der Waals surface area contributed by atoms with E-state index < -0.39 is 0 Å². The summed E-state index contributed by atoms with van der Waals surface area (Å²) in [6.07, 6.45) is 11.9. The third kappa shape index (κ3) is 6.84. The van der Waals surface area contributed by atoms with Crippen molar-refractivity contribution < 1.29 is 4.39 Å². The summed E-state index contributed by atoms with van der Waals surface area (Å²) in [5.41, 5.74) is 5.74. The standard InChI is InChI=1S/C29H31FN2/c1-3-5-6-7-8-11-25-12-9-10-13-27(25)22-32-31-21-24-16-19-28(29(30)20-24)26-17-14-23(4-2)15-18-26/h3,9-10,12-22H,1,4-8,11H2,2H3. The molecule has 3 aromatic carbocycles. The van der Waals surface area contributed by atoms with E-state index in [1.165, 1.54) is 30.0 Å². The number of rotatable bonds is 11. The van der Waals surface area contributed by atoms with Gasteiger partial charge in [0.15, 0.2) is 0 Å². The van der Waals surface area contributed by atoms with Crippen molar-refractivity contribution in [1.82, 2.24) is 0 Å². The van der Waals surface area contributed by atoms with Gasteiger partial charge in [-0.2, -0.15) is 10.2 Å². The Labute approximate surface area is 191 Å². The third-order valence-electron chi connectivity index (χ3n) is 5.55. The van der Waals surface area contributed by atoms with E-state index >= 15 is 0 Å². The smallest absolute Gasteiger partial charge is 0.131 e. The molecule has 0 saturated heterocycles. The number of hydrogen-bond donors (Lipinski definition) is 0. The minimum Gasteiger partial charge on any atom is -0.206 e. The first-order valence-electron chi connectivity index (χ1n) is 11.4. The summed E-state index contributed by atoms with van der Waals surface area (Å²) in [4.78, 5) is 0. The molecule has 0 unspecified atom stereocenters. The minimum absolute atomic E-state index is 0.260. The Balaban J connectivity index is 1.62. The number of unbranched alkanes of at least 4 members (excludes halogenated alkanes) is 3. The van der Waals surface area contributed by atoms with Gasteiger partial charge in [0.25, 0.3) is 0 Å². The van der Waals surface area contributed by atoms with Crippen LogP contribution in [0.1, 0.15) is 54.9 Å². The predicted molar refractivity (Wildman–Crippen MR) is 135 cm³/mol. The van der Waals surface area contributed by atoms with Crippen LogP contribution in [0.2, 0.25) is 0 Å². The molecule has 0 saturated carbocycles. The quantitative estimate of drug-likeness (QED) is 0.129. The monoisotopic (exact) mass is 426 g/mol. The van der Waals surface area contributed by atoms with Crippen LogP contribution in [-0.4, -0.2) is 12.4 Å². The van der Waals surface area contributed by atoms with Gasteiger partial charge in [0.1, 0.15) is 5.82 Å². The van der Waals surface area contributed by atoms with E-state index in [0.29, 0.717) is 11.1 Å². The molecule has 2 nitrogen and oxygen atoms in total. The molecule has 0 spiro atoms. The Morgan fingerprint density at radius 2 is 1.66 bits per heavy atom. The van der Waals surface area contributed by atoms with E-state index in [2.05, 4.69) is 41.9 Å². The fourth-order valence-corrected chi connectivity index (χ4v) is 3.63. The van der Waals surface area contributed by atoms with Crippen LogP contribution in [0, 0.1) is 5.82 Å². The maximum atomic E-state index is 14.6. The highest BCUT2D eigenvalue weighted by molar-refractivity contribution is 5.84. The number of nitrogens with zero attached hydrogens (tertiary/aromatic N) is 2. The van der Waals surface area contributed by atoms with Crippen LogP contribution >= 0.6 is 0 Å². The average molecular weight is 427 g/mol. The van der Waals surface area contributed by atoms with E-state index in [1.807, 2.05) is 42.5 Å². The average Bonchev–Trinajstić information content (AvgIpc) is 2.83. The zero-order valence-corrected chi connectivity index (χ0v) is 18.8. The summed E-state index contributed by atoms with van der Waals surface area (Å²) in [5, 5.41) is 8.32. The molecule has 0 radical (unpaired) electrons. The summed E-state index contributed by atoms with van der Waals surface area (Å²) in [7, 11) is 0. The van der Waals surface area contributed by atoms with Crippen molar-refractivity contribution >= 4 is 12.4 Å². The lowest BCUT2D eigenvalue weighted by Gasteiger charge is -2.05. The van der Waals surface area contributed by atoms with Gasteiger partial charge < -0.3 is 0 Å². The van der Waals surface area contributed by atoms with E-state index in [9.17, 15) is 4.39 Å². The van der Waals surface area contributed by atoms with Crippen LogP contribution < -0.4 is 0 Å². The molecule has 0 aliphatic rings. The molecule has 0 amide bonds. The predicted octanol–water partition coefficient (Wildman–Crippen LogP) is 7.80. The SMILES string of the molecule is C=CCCCCCc1ccccc1C=NN=Cc1ccc(-c2ccc(CC)cc2)c(F)c1. The van der Waals surface area contributed by atoms with E-state index in [0.717, 1.165) is 36.8 Å². The zero-order valence-electron chi connectivity index (χ0n) is 18.8. The Hall–Kier alpha value is -3.33. The molecule has 0 atom stereocenters. The van der Waals surface area contributed by atoms with Gasteiger partial charge in [-0.05, 0) is 66.0 Å². The van der Waals surface area contributed by atoms with Crippen molar-refractivity contribution in [3.63, 3.8) is 0 Å². The van der Waals surface area contributed by atoms with Gasteiger partial charge >= 0.3 is 0 Å². The molecular formula is C29H31FN2. The first-order chi connectivity index (χ1) is 15.7. The number of halogens is 1. The molecule has 0 fully saturated rings. The molecule has 0 heterocycles. The highest BCUT2D eigenvalue weighted by Crippen LogP contribution is 2.24. The summed E-state index contributed by atoms with van der Waals surface area (Å²) in [6, 6.07) is 21.4. The Bertz CT molecular complexity index is 1060.